The minimum absolute atomic E-state index is 0.517. The van der Waals surface area contributed by atoms with Crippen LogP contribution >= 0.6 is 23.4 Å². The fourth-order valence-corrected chi connectivity index (χ4v) is 3.10. The van der Waals surface area contributed by atoms with E-state index in [1.165, 1.54) is 16.4 Å². The first-order chi connectivity index (χ1) is 11.2. The van der Waals surface area contributed by atoms with Crippen molar-refractivity contribution in [2.45, 2.75) is 10.9 Å². The fourth-order valence-electron chi connectivity index (χ4n) is 2.08. The van der Waals surface area contributed by atoms with Crippen LogP contribution in [0.1, 0.15) is 11.1 Å². The summed E-state index contributed by atoms with van der Waals surface area (Å²) in [4.78, 5) is 0. The van der Waals surface area contributed by atoms with Gasteiger partial charge in [0.15, 0.2) is 5.82 Å². The lowest BCUT2D eigenvalue weighted by atomic mass is 10.2. The first-order valence-electron chi connectivity index (χ1n) is 6.76. The Kier molecular flexibility index (Phi) is 4.51. The Morgan fingerprint density at radius 2 is 2.00 bits per heavy atom. The van der Waals surface area contributed by atoms with E-state index in [4.69, 9.17) is 22.7 Å². The maximum Gasteiger partial charge on any atom is 0.210 e. The molecule has 0 fully saturated rings. The Morgan fingerprint density at radius 3 is 2.78 bits per heavy atom. The normalized spacial score (nSPS) is 10.4. The van der Waals surface area contributed by atoms with Crippen LogP contribution in [0, 0.1) is 11.3 Å². The summed E-state index contributed by atoms with van der Waals surface area (Å²) < 4.78 is 1.43. The summed E-state index contributed by atoms with van der Waals surface area (Å²) in [6.45, 7) is 0. The van der Waals surface area contributed by atoms with Gasteiger partial charge in [0.05, 0.1) is 16.7 Å². The van der Waals surface area contributed by atoms with Gasteiger partial charge < -0.3 is 5.84 Å². The molecular weight excluding hydrogens is 330 g/mol. The molecule has 0 saturated heterocycles. The van der Waals surface area contributed by atoms with Crippen LogP contribution in [0.3, 0.4) is 0 Å². The highest BCUT2D eigenvalue weighted by Gasteiger charge is 2.14. The van der Waals surface area contributed by atoms with Crippen LogP contribution in [-0.2, 0) is 5.75 Å². The molecule has 7 heteroatoms. The van der Waals surface area contributed by atoms with Gasteiger partial charge in [0.1, 0.15) is 0 Å². The molecule has 0 bridgehead atoms. The Hall–Kier alpha value is -2.49. The number of rotatable bonds is 4. The third-order valence-corrected chi connectivity index (χ3v) is 4.55. The number of hydrogen-bond acceptors (Lipinski definition) is 5. The molecule has 0 unspecified atom stereocenters. The lowest BCUT2D eigenvalue weighted by Crippen LogP contribution is -2.11. The Bertz CT molecular complexity index is 884. The molecule has 1 aromatic heterocycles. The monoisotopic (exact) mass is 341 g/mol. The van der Waals surface area contributed by atoms with Gasteiger partial charge in [0.2, 0.25) is 5.16 Å². The Morgan fingerprint density at radius 1 is 1.17 bits per heavy atom. The summed E-state index contributed by atoms with van der Waals surface area (Å²) >= 11 is 7.62. The smallest absolute Gasteiger partial charge is 0.210 e. The Balaban J connectivity index is 1.80. The number of thioether (sulfide) groups is 1. The predicted molar refractivity (Wildman–Crippen MR) is 91.3 cm³/mol. The van der Waals surface area contributed by atoms with Crippen LogP contribution in [0.4, 0.5) is 0 Å². The van der Waals surface area contributed by atoms with Crippen LogP contribution in [-0.4, -0.2) is 14.9 Å². The van der Waals surface area contributed by atoms with Gasteiger partial charge in [-0.25, -0.2) is 4.68 Å². The van der Waals surface area contributed by atoms with Crippen LogP contribution in [0.2, 0.25) is 5.02 Å². The number of nitriles is 1. The largest absolute Gasteiger partial charge is 0.335 e. The van der Waals surface area contributed by atoms with Crippen LogP contribution in [0.25, 0.3) is 11.4 Å². The third kappa shape index (κ3) is 3.31. The number of nitrogen functional groups attached to an aromatic ring is 1. The van der Waals surface area contributed by atoms with Crippen LogP contribution in [0.15, 0.2) is 53.7 Å². The SMILES string of the molecule is N#Cc1cccc(CSc2nnc(-c3ccccc3Cl)n2N)c1. The second-order valence-electron chi connectivity index (χ2n) is 4.76. The molecule has 2 N–H and O–H groups in total. The van der Waals surface area contributed by atoms with Crippen molar-refractivity contribution >= 4 is 23.4 Å². The van der Waals surface area contributed by atoms with Gasteiger partial charge in [-0.3, -0.25) is 0 Å². The second kappa shape index (κ2) is 6.73. The molecule has 5 nitrogen and oxygen atoms in total. The lowest BCUT2D eigenvalue weighted by molar-refractivity contribution is 0.849. The zero-order valence-corrected chi connectivity index (χ0v) is 13.6. The van der Waals surface area contributed by atoms with Gasteiger partial charge >= 0.3 is 0 Å². The first kappa shape index (κ1) is 15.4. The summed E-state index contributed by atoms with van der Waals surface area (Å²) in [5.74, 6) is 7.25. The summed E-state index contributed by atoms with van der Waals surface area (Å²) in [5.41, 5.74) is 2.40. The topological polar surface area (TPSA) is 80.5 Å². The predicted octanol–water partition coefficient (Wildman–Crippen LogP) is 3.48. The van der Waals surface area contributed by atoms with Crippen molar-refractivity contribution < 1.29 is 0 Å². The van der Waals surface area contributed by atoms with Crippen LogP contribution < -0.4 is 5.84 Å². The van der Waals surface area contributed by atoms with Crippen molar-refractivity contribution in [3.8, 4) is 17.5 Å². The molecule has 0 radical (unpaired) electrons. The molecule has 0 atom stereocenters. The number of benzene rings is 2. The molecule has 3 aromatic rings. The maximum atomic E-state index is 8.93. The number of aromatic nitrogens is 3. The van der Waals surface area contributed by atoms with Crippen molar-refractivity contribution in [3.05, 3.63) is 64.7 Å². The first-order valence-corrected chi connectivity index (χ1v) is 8.12. The summed E-state index contributed by atoms with van der Waals surface area (Å²) in [6, 6.07) is 16.9. The molecule has 23 heavy (non-hydrogen) atoms. The van der Waals surface area contributed by atoms with E-state index in [-0.39, 0.29) is 0 Å². The van der Waals surface area contributed by atoms with E-state index in [1.54, 1.807) is 12.1 Å². The summed E-state index contributed by atoms with van der Waals surface area (Å²) in [6.07, 6.45) is 0. The molecular formula is C16H12ClN5S. The van der Waals surface area contributed by atoms with E-state index >= 15 is 0 Å². The quantitative estimate of drug-likeness (QED) is 0.580. The molecule has 0 aliphatic heterocycles. The van der Waals surface area contributed by atoms with E-state index in [1.807, 2.05) is 36.4 Å². The van der Waals surface area contributed by atoms with Gasteiger partial charge in [0, 0.05) is 11.3 Å². The summed E-state index contributed by atoms with van der Waals surface area (Å²) in [5, 5.41) is 18.3. The highest BCUT2D eigenvalue weighted by atomic mass is 35.5. The minimum atomic E-state index is 0.517. The van der Waals surface area contributed by atoms with E-state index in [0.717, 1.165) is 11.1 Å². The van der Waals surface area contributed by atoms with Gasteiger partial charge in [0.25, 0.3) is 0 Å². The molecule has 0 saturated carbocycles. The Labute approximate surface area is 142 Å². The molecule has 2 aromatic carbocycles. The summed E-state index contributed by atoms with van der Waals surface area (Å²) in [7, 11) is 0. The van der Waals surface area contributed by atoms with E-state index < -0.39 is 0 Å². The van der Waals surface area contributed by atoms with Gasteiger partial charge in [-0.05, 0) is 29.8 Å². The van der Waals surface area contributed by atoms with Gasteiger partial charge in [-0.2, -0.15) is 5.26 Å². The van der Waals surface area contributed by atoms with Crippen molar-refractivity contribution in [3.63, 3.8) is 0 Å². The molecule has 0 aliphatic carbocycles. The molecule has 114 valence electrons. The second-order valence-corrected chi connectivity index (χ2v) is 6.11. The maximum absolute atomic E-state index is 8.93. The van der Waals surface area contributed by atoms with Gasteiger partial charge in [-0.1, -0.05) is 47.6 Å². The average Bonchev–Trinajstić information content (AvgIpc) is 2.94. The van der Waals surface area contributed by atoms with Crippen LogP contribution in [0.5, 0.6) is 0 Å². The number of nitrogens with zero attached hydrogens (tertiary/aromatic N) is 4. The number of hydrogen-bond donors (Lipinski definition) is 1. The van der Waals surface area contributed by atoms with Crippen molar-refractivity contribution in [2.75, 3.05) is 5.84 Å². The number of nitrogens with two attached hydrogens (primary N) is 1. The standard InChI is InChI=1S/C16H12ClN5S/c17-14-7-2-1-6-13(14)15-20-21-16(22(15)19)23-10-12-5-3-4-11(8-12)9-18/h1-8H,10,19H2. The fraction of sp³-hybridized carbons (Fsp3) is 0.0625. The minimum Gasteiger partial charge on any atom is -0.335 e. The molecule has 0 amide bonds. The van der Waals surface area contributed by atoms with Crippen molar-refractivity contribution in [1.82, 2.24) is 14.9 Å². The third-order valence-electron chi connectivity index (χ3n) is 3.20. The lowest BCUT2D eigenvalue weighted by Gasteiger charge is -2.05. The van der Waals surface area contributed by atoms with Gasteiger partial charge in [-0.15, -0.1) is 10.2 Å². The van der Waals surface area contributed by atoms with Crippen molar-refractivity contribution in [2.24, 2.45) is 0 Å². The molecule has 0 spiro atoms. The molecule has 0 aliphatic rings. The van der Waals surface area contributed by atoms with E-state index in [0.29, 0.717) is 27.3 Å². The number of halogens is 1. The average molecular weight is 342 g/mol. The van der Waals surface area contributed by atoms with E-state index in [2.05, 4.69) is 16.3 Å². The zero-order valence-electron chi connectivity index (χ0n) is 12.0. The molecule has 1 heterocycles. The highest BCUT2D eigenvalue weighted by molar-refractivity contribution is 7.98. The van der Waals surface area contributed by atoms with Crippen molar-refractivity contribution in [1.29, 1.82) is 5.26 Å². The molecule has 3 rings (SSSR count). The zero-order chi connectivity index (χ0) is 16.2. The van der Waals surface area contributed by atoms with E-state index in [9.17, 15) is 0 Å². The highest BCUT2D eigenvalue weighted by Crippen LogP contribution is 2.28.